The van der Waals surface area contributed by atoms with Gasteiger partial charge in [-0.05, 0) is 56.4 Å². The molecule has 6 heteroatoms. The molecular weight excluding hydrogens is 360 g/mol. The fourth-order valence-electron chi connectivity index (χ4n) is 3.93. The summed E-state index contributed by atoms with van der Waals surface area (Å²) >= 11 is 1.64. The minimum Gasteiger partial charge on any atom is -0.461 e. The molecule has 2 atom stereocenters. The molecule has 0 N–H and O–H groups in total. The lowest BCUT2D eigenvalue weighted by atomic mass is 9.72. The minimum absolute atomic E-state index is 0.112. The summed E-state index contributed by atoms with van der Waals surface area (Å²) < 4.78 is 6.81. The lowest BCUT2D eigenvalue weighted by molar-refractivity contribution is -0.151. The van der Waals surface area contributed by atoms with Crippen LogP contribution in [0.3, 0.4) is 0 Å². The van der Waals surface area contributed by atoms with Gasteiger partial charge in [0.25, 0.3) is 5.56 Å². The second kappa shape index (κ2) is 7.38. The third-order valence-corrected chi connectivity index (χ3v) is 6.73. The number of ether oxygens (including phenoxy) is 1. The molecule has 0 bridgehead atoms. The highest BCUT2D eigenvalue weighted by Gasteiger charge is 2.32. The molecule has 0 radical (unpaired) electrons. The highest BCUT2D eigenvalue weighted by Crippen LogP contribution is 2.42. The van der Waals surface area contributed by atoms with Gasteiger partial charge in [-0.15, -0.1) is 11.3 Å². The van der Waals surface area contributed by atoms with E-state index in [-0.39, 0.29) is 23.0 Å². The van der Waals surface area contributed by atoms with Crippen molar-refractivity contribution in [2.45, 2.75) is 79.4 Å². The van der Waals surface area contributed by atoms with Crippen LogP contribution >= 0.6 is 11.3 Å². The van der Waals surface area contributed by atoms with Crippen molar-refractivity contribution in [3.63, 3.8) is 0 Å². The van der Waals surface area contributed by atoms with Gasteiger partial charge in [0.2, 0.25) is 0 Å². The highest BCUT2D eigenvalue weighted by molar-refractivity contribution is 7.18. The van der Waals surface area contributed by atoms with Gasteiger partial charge in [0.1, 0.15) is 10.9 Å². The topological polar surface area (TPSA) is 61.2 Å². The molecule has 5 nitrogen and oxygen atoms in total. The van der Waals surface area contributed by atoms with E-state index in [0.29, 0.717) is 17.7 Å². The Kier molecular flexibility index (Phi) is 5.48. The molecule has 0 saturated heterocycles. The number of aromatic nitrogens is 2. The van der Waals surface area contributed by atoms with E-state index in [1.807, 2.05) is 20.8 Å². The number of hydrogen-bond acceptors (Lipinski definition) is 5. The Morgan fingerprint density at radius 1 is 1.41 bits per heavy atom. The lowest BCUT2D eigenvalue weighted by Crippen LogP contribution is -2.32. The molecule has 1 aliphatic carbocycles. The molecule has 2 unspecified atom stereocenters. The number of nitrogens with zero attached hydrogens (tertiary/aromatic N) is 2. The average Bonchev–Trinajstić information content (AvgIpc) is 2.94. The van der Waals surface area contributed by atoms with E-state index < -0.39 is 6.04 Å². The summed E-state index contributed by atoms with van der Waals surface area (Å²) in [6.45, 7) is 12.4. The van der Waals surface area contributed by atoms with Gasteiger partial charge in [0, 0.05) is 4.88 Å². The van der Waals surface area contributed by atoms with Crippen molar-refractivity contribution >= 4 is 27.5 Å². The van der Waals surface area contributed by atoms with Gasteiger partial charge in [0.05, 0.1) is 17.8 Å². The monoisotopic (exact) mass is 390 g/mol. The molecule has 0 amide bonds. The Morgan fingerprint density at radius 3 is 2.70 bits per heavy atom. The SMILES string of the molecule is CCC(C(=O)OC(C)C)n1cnc2sc3c(c2c1=O)CCC(C(C)(C)C)C3. The number of esters is 1. The van der Waals surface area contributed by atoms with Crippen LogP contribution in [0.4, 0.5) is 0 Å². The normalized spacial score (nSPS) is 18.6. The van der Waals surface area contributed by atoms with Gasteiger partial charge in [-0.25, -0.2) is 9.78 Å². The maximum atomic E-state index is 13.3. The summed E-state index contributed by atoms with van der Waals surface area (Å²) in [4.78, 5) is 32.3. The van der Waals surface area contributed by atoms with E-state index in [0.717, 1.165) is 29.7 Å². The van der Waals surface area contributed by atoms with E-state index in [2.05, 4.69) is 25.8 Å². The molecule has 2 aromatic rings. The number of rotatable bonds is 4. The molecule has 0 fully saturated rings. The summed E-state index contributed by atoms with van der Waals surface area (Å²) in [5.41, 5.74) is 1.30. The number of hydrogen-bond donors (Lipinski definition) is 0. The predicted octanol–water partition coefficient (Wildman–Crippen LogP) is 4.51. The second-order valence-corrected chi connectivity index (χ2v) is 9.94. The number of carbonyl (C=O) groups excluding carboxylic acids is 1. The Labute approximate surface area is 164 Å². The summed E-state index contributed by atoms with van der Waals surface area (Å²) in [7, 11) is 0. The number of fused-ring (bicyclic) bond motifs is 3. The first-order valence-corrected chi connectivity index (χ1v) is 10.7. The number of aryl methyl sites for hydroxylation is 1. The first-order valence-electron chi connectivity index (χ1n) is 9.85. The molecule has 2 heterocycles. The van der Waals surface area contributed by atoms with E-state index in [9.17, 15) is 9.59 Å². The van der Waals surface area contributed by atoms with Crippen molar-refractivity contribution < 1.29 is 9.53 Å². The van der Waals surface area contributed by atoms with Gasteiger partial charge in [-0.3, -0.25) is 9.36 Å². The molecule has 0 aliphatic heterocycles. The average molecular weight is 391 g/mol. The van der Waals surface area contributed by atoms with Crippen LogP contribution in [-0.2, 0) is 22.4 Å². The minimum atomic E-state index is -0.627. The van der Waals surface area contributed by atoms with E-state index in [4.69, 9.17) is 4.74 Å². The Hall–Kier alpha value is -1.69. The third kappa shape index (κ3) is 3.82. The first kappa shape index (κ1) is 20.1. The maximum absolute atomic E-state index is 13.3. The van der Waals surface area contributed by atoms with Gasteiger partial charge in [-0.1, -0.05) is 27.7 Å². The summed E-state index contributed by atoms with van der Waals surface area (Å²) in [5.74, 6) is 0.248. The zero-order chi connectivity index (χ0) is 19.9. The lowest BCUT2D eigenvalue weighted by Gasteiger charge is -2.33. The van der Waals surface area contributed by atoms with Crippen molar-refractivity contribution in [3.05, 3.63) is 27.1 Å². The summed E-state index contributed by atoms with van der Waals surface area (Å²) in [6.07, 6.45) is 4.81. The molecule has 27 heavy (non-hydrogen) atoms. The number of thiophene rings is 1. The van der Waals surface area contributed by atoms with Gasteiger partial charge in [-0.2, -0.15) is 0 Å². The van der Waals surface area contributed by atoms with Crippen LogP contribution in [0.1, 0.15) is 70.9 Å². The van der Waals surface area contributed by atoms with Crippen molar-refractivity contribution in [3.8, 4) is 0 Å². The van der Waals surface area contributed by atoms with Crippen LogP contribution in [0.5, 0.6) is 0 Å². The Morgan fingerprint density at radius 2 is 2.11 bits per heavy atom. The molecule has 148 valence electrons. The fourth-order valence-corrected chi connectivity index (χ4v) is 5.19. The standard InChI is InChI=1S/C21H30N2O3S/c1-7-15(20(25)26-12(2)3)23-11-22-18-17(19(23)24)14-9-8-13(21(4,5)6)10-16(14)27-18/h11-13,15H,7-10H2,1-6H3. The molecule has 1 aliphatic rings. The predicted molar refractivity (Wildman–Crippen MR) is 109 cm³/mol. The molecule has 3 rings (SSSR count). The highest BCUT2D eigenvalue weighted by atomic mass is 32.1. The molecule has 0 spiro atoms. The quantitative estimate of drug-likeness (QED) is 0.721. The summed E-state index contributed by atoms with van der Waals surface area (Å²) in [5, 5.41) is 0.709. The molecule has 0 aromatic carbocycles. The van der Waals surface area contributed by atoms with Crippen LogP contribution in [0.25, 0.3) is 10.2 Å². The fraction of sp³-hybridized carbons (Fsp3) is 0.667. The van der Waals surface area contributed by atoms with Crippen LogP contribution < -0.4 is 5.56 Å². The number of carbonyl (C=O) groups is 1. The first-order chi connectivity index (χ1) is 12.6. The van der Waals surface area contributed by atoms with Crippen molar-refractivity contribution in [2.75, 3.05) is 0 Å². The zero-order valence-electron chi connectivity index (χ0n) is 17.2. The second-order valence-electron chi connectivity index (χ2n) is 8.86. The van der Waals surface area contributed by atoms with Crippen molar-refractivity contribution in [1.82, 2.24) is 9.55 Å². The van der Waals surface area contributed by atoms with Crippen molar-refractivity contribution in [1.29, 1.82) is 0 Å². The Bertz CT molecular complexity index is 905. The van der Waals surface area contributed by atoms with Gasteiger partial charge in [0.15, 0.2) is 0 Å². The summed E-state index contributed by atoms with van der Waals surface area (Å²) in [6, 6.07) is -0.627. The molecule has 0 saturated carbocycles. The van der Waals surface area contributed by atoms with E-state index in [1.165, 1.54) is 15.8 Å². The van der Waals surface area contributed by atoms with E-state index in [1.54, 1.807) is 11.3 Å². The smallest absolute Gasteiger partial charge is 0.329 e. The van der Waals surface area contributed by atoms with Gasteiger partial charge >= 0.3 is 5.97 Å². The molecular formula is C21H30N2O3S. The maximum Gasteiger partial charge on any atom is 0.329 e. The van der Waals surface area contributed by atoms with Crippen molar-refractivity contribution in [2.24, 2.45) is 11.3 Å². The van der Waals surface area contributed by atoms with Crippen LogP contribution in [0.2, 0.25) is 0 Å². The largest absolute Gasteiger partial charge is 0.461 e. The van der Waals surface area contributed by atoms with E-state index >= 15 is 0 Å². The van der Waals surface area contributed by atoms with Gasteiger partial charge < -0.3 is 4.74 Å². The van der Waals surface area contributed by atoms with Crippen LogP contribution in [0, 0.1) is 11.3 Å². The third-order valence-electron chi connectivity index (χ3n) is 5.57. The van der Waals surface area contributed by atoms with Crippen LogP contribution in [0.15, 0.2) is 11.1 Å². The zero-order valence-corrected chi connectivity index (χ0v) is 18.0. The van der Waals surface area contributed by atoms with Crippen LogP contribution in [-0.4, -0.2) is 21.6 Å². The molecule has 2 aromatic heterocycles. The Balaban J connectivity index is 2.04.